The number of nitrogens with one attached hydrogen (secondary N) is 1. The number of likely N-dealkylation sites (N-methyl/N-ethyl adjacent to an activating group) is 1. The molecule has 4 nitrogen and oxygen atoms in total. The quantitative estimate of drug-likeness (QED) is 0.848. The molecule has 19 heavy (non-hydrogen) atoms. The Morgan fingerprint density at radius 3 is 2.95 bits per heavy atom. The summed E-state index contributed by atoms with van der Waals surface area (Å²) < 4.78 is 0. The van der Waals surface area contributed by atoms with Crippen molar-refractivity contribution in [3.63, 3.8) is 0 Å². The second-order valence-electron chi connectivity index (χ2n) is 5.23. The summed E-state index contributed by atoms with van der Waals surface area (Å²) in [6, 6.07) is 7.90. The Kier molecular flexibility index (Phi) is 3.25. The van der Waals surface area contributed by atoms with Crippen LogP contribution >= 0.6 is 0 Å². The third-order valence-corrected chi connectivity index (χ3v) is 3.81. The van der Waals surface area contributed by atoms with Crippen LogP contribution in [0.15, 0.2) is 30.5 Å². The van der Waals surface area contributed by atoms with Gasteiger partial charge < -0.3 is 14.8 Å². The molecule has 1 aliphatic rings. The topological polar surface area (TPSA) is 39.3 Å². The number of hydrogen-bond donors (Lipinski definition) is 1. The molecule has 100 valence electrons. The largest absolute Gasteiger partial charge is 0.361 e. The first-order valence-electron chi connectivity index (χ1n) is 6.79. The van der Waals surface area contributed by atoms with Crippen molar-refractivity contribution in [2.75, 3.05) is 33.2 Å². The van der Waals surface area contributed by atoms with Crippen molar-refractivity contribution in [1.29, 1.82) is 0 Å². The van der Waals surface area contributed by atoms with Crippen LogP contribution < -0.4 is 0 Å². The van der Waals surface area contributed by atoms with E-state index in [0.29, 0.717) is 0 Å². The fraction of sp³-hybridized carbons (Fsp3) is 0.400. The Balaban J connectivity index is 1.82. The zero-order valence-corrected chi connectivity index (χ0v) is 11.2. The van der Waals surface area contributed by atoms with Gasteiger partial charge in [-0.25, -0.2) is 0 Å². The average Bonchev–Trinajstić information content (AvgIpc) is 2.78. The van der Waals surface area contributed by atoms with E-state index >= 15 is 0 Å². The van der Waals surface area contributed by atoms with Crippen LogP contribution in [0.5, 0.6) is 0 Å². The van der Waals surface area contributed by atoms with Gasteiger partial charge in [-0.1, -0.05) is 6.07 Å². The van der Waals surface area contributed by atoms with E-state index in [9.17, 15) is 4.79 Å². The van der Waals surface area contributed by atoms with Crippen LogP contribution in [0, 0.1) is 0 Å². The van der Waals surface area contributed by atoms with E-state index in [-0.39, 0.29) is 5.91 Å². The molecule has 1 fully saturated rings. The van der Waals surface area contributed by atoms with Gasteiger partial charge in [-0.3, -0.25) is 4.79 Å². The van der Waals surface area contributed by atoms with E-state index in [1.165, 1.54) is 0 Å². The number of aromatic amines is 1. The van der Waals surface area contributed by atoms with Crippen LogP contribution in [0.1, 0.15) is 16.8 Å². The molecular formula is C15H19N3O. The van der Waals surface area contributed by atoms with Crippen molar-refractivity contribution in [3.8, 4) is 0 Å². The first kappa shape index (κ1) is 12.2. The van der Waals surface area contributed by atoms with Gasteiger partial charge in [0.2, 0.25) is 0 Å². The third-order valence-electron chi connectivity index (χ3n) is 3.81. The minimum atomic E-state index is 0.145. The zero-order chi connectivity index (χ0) is 13.2. The lowest BCUT2D eigenvalue weighted by Gasteiger charge is -2.20. The van der Waals surface area contributed by atoms with Crippen molar-refractivity contribution in [3.05, 3.63) is 36.0 Å². The number of amides is 1. The van der Waals surface area contributed by atoms with Crippen LogP contribution in [-0.2, 0) is 0 Å². The van der Waals surface area contributed by atoms with Gasteiger partial charge in [-0.15, -0.1) is 0 Å². The van der Waals surface area contributed by atoms with Crippen LogP contribution in [0.2, 0.25) is 0 Å². The van der Waals surface area contributed by atoms with Crippen molar-refractivity contribution in [1.82, 2.24) is 14.8 Å². The van der Waals surface area contributed by atoms with Crippen molar-refractivity contribution >= 4 is 16.8 Å². The lowest BCUT2D eigenvalue weighted by Crippen LogP contribution is -2.34. The summed E-state index contributed by atoms with van der Waals surface area (Å²) in [7, 11) is 2.11. The molecule has 0 bridgehead atoms. The first-order valence-corrected chi connectivity index (χ1v) is 6.79. The third kappa shape index (κ3) is 2.49. The Bertz CT molecular complexity index is 590. The zero-order valence-electron chi connectivity index (χ0n) is 11.2. The molecule has 0 spiro atoms. The standard InChI is InChI=1S/C15H19N3O/c1-17-7-2-8-18(10-9-17)15(19)13-4-3-12-5-6-16-14(12)11-13/h3-6,11,16H,2,7-10H2,1H3. The lowest BCUT2D eigenvalue weighted by atomic mass is 10.1. The van der Waals surface area contributed by atoms with Gasteiger partial charge in [0.15, 0.2) is 0 Å². The number of fused-ring (bicyclic) bond motifs is 1. The maximum atomic E-state index is 12.5. The molecule has 1 saturated heterocycles. The van der Waals surface area contributed by atoms with E-state index in [2.05, 4.69) is 16.9 Å². The summed E-state index contributed by atoms with van der Waals surface area (Å²) in [5.74, 6) is 0.145. The molecule has 4 heteroatoms. The fourth-order valence-corrected chi connectivity index (χ4v) is 2.61. The maximum Gasteiger partial charge on any atom is 0.253 e. The van der Waals surface area contributed by atoms with Gasteiger partial charge in [0.25, 0.3) is 5.91 Å². The highest BCUT2D eigenvalue weighted by Crippen LogP contribution is 2.16. The Morgan fingerprint density at radius 1 is 1.16 bits per heavy atom. The Hall–Kier alpha value is -1.81. The maximum absolute atomic E-state index is 12.5. The van der Waals surface area contributed by atoms with Crippen LogP contribution in [0.3, 0.4) is 0 Å². The highest BCUT2D eigenvalue weighted by Gasteiger charge is 2.19. The molecule has 2 heterocycles. The molecule has 0 radical (unpaired) electrons. The van der Waals surface area contributed by atoms with Gasteiger partial charge in [-0.2, -0.15) is 0 Å². The van der Waals surface area contributed by atoms with Crippen molar-refractivity contribution < 1.29 is 4.79 Å². The number of nitrogens with zero attached hydrogens (tertiary/aromatic N) is 2. The summed E-state index contributed by atoms with van der Waals surface area (Å²) in [5.41, 5.74) is 1.80. The predicted molar refractivity (Wildman–Crippen MR) is 76.3 cm³/mol. The van der Waals surface area contributed by atoms with E-state index in [0.717, 1.165) is 49.1 Å². The second kappa shape index (κ2) is 5.05. The number of benzene rings is 1. The molecule has 0 unspecified atom stereocenters. The smallest absolute Gasteiger partial charge is 0.253 e. The molecular weight excluding hydrogens is 238 g/mol. The van der Waals surface area contributed by atoms with E-state index in [1.807, 2.05) is 35.4 Å². The van der Waals surface area contributed by atoms with Gasteiger partial charge in [0.05, 0.1) is 0 Å². The van der Waals surface area contributed by atoms with Gasteiger partial charge in [0.1, 0.15) is 0 Å². The monoisotopic (exact) mass is 257 g/mol. The van der Waals surface area contributed by atoms with Crippen LogP contribution in [0.4, 0.5) is 0 Å². The molecule has 1 aromatic carbocycles. The number of carbonyl (C=O) groups is 1. The number of H-pyrrole nitrogens is 1. The summed E-state index contributed by atoms with van der Waals surface area (Å²) in [5, 5.41) is 1.15. The fourth-order valence-electron chi connectivity index (χ4n) is 2.61. The highest BCUT2D eigenvalue weighted by molar-refractivity contribution is 5.97. The Labute approximate surface area is 113 Å². The molecule has 2 aromatic rings. The average molecular weight is 257 g/mol. The molecule has 1 aromatic heterocycles. The first-order chi connectivity index (χ1) is 9.24. The minimum absolute atomic E-state index is 0.145. The van der Waals surface area contributed by atoms with Gasteiger partial charge >= 0.3 is 0 Å². The molecule has 1 amide bonds. The number of rotatable bonds is 1. The van der Waals surface area contributed by atoms with E-state index in [1.54, 1.807) is 0 Å². The second-order valence-corrected chi connectivity index (χ2v) is 5.23. The van der Waals surface area contributed by atoms with E-state index in [4.69, 9.17) is 0 Å². The van der Waals surface area contributed by atoms with Crippen molar-refractivity contribution in [2.45, 2.75) is 6.42 Å². The molecule has 1 N–H and O–H groups in total. The van der Waals surface area contributed by atoms with Crippen molar-refractivity contribution in [2.24, 2.45) is 0 Å². The van der Waals surface area contributed by atoms with Crippen LogP contribution in [-0.4, -0.2) is 53.9 Å². The summed E-state index contributed by atoms with van der Waals surface area (Å²) in [6.07, 6.45) is 2.95. The van der Waals surface area contributed by atoms with Gasteiger partial charge in [-0.05, 0) is 43.6 Å². The normalized spacial score (nSPS) is 17.6. The molecule has 0 atom stereocenters. The Morgan fingerprint density at radius 2 is 2.05 bits per heavy atom. The predicted octanol–water partition coefficient (Wildman–Crippen LogP) is 1.95. The molecule has 0 saturated carbocycles. The summed E-state index contributed by atoms with van der Waals surface area (Å²) in [6.45, 7) is 3.69. The minimum Gasteiger partial charge on any atom is -0.361 e. The van der Waals surface area contributed by atoms with Crippen LogP contribution in [0.25, 0.3) is 10.9 Å². The van der Waals surface area contributed by atoms with E-state index < -0.39 is 0 Å². The molecule has 1 aliphatic heterocycles. The molecule has 0 aliphatic carbocycles. The number of aromatic nitrogens is 1. The summed E-state index contributed by atoms with van der Waals surface area (Å²) in [4.78, 5) is 19.9. The lowest BCUT2D eigenvalue weighted by molar-refractivity contribution is 0.0763. The molecule has 3 rings (SSSR count). The number of carbonyl (C=O) groups excluding carboxylic acids is 1. The SMILES string of the molecule is CN1CCCN(C(=O)c2ccc3cc[nH]c3c2)CC1. The summed E-state index contributed by atoms with van der Waals surface area (Å²) >= 11 is 0. The van der Waals surface area contributed by atoms with Gasteiger partial charge in [0, 0.05) is 36.9 Å². The number of hydrogen-bond acceptors (Lipinski definition) is 2. The highest BCUT2D eigenvalue weighted by atomic mass is 16.2.